The number of carbonyl (C=O) groups is 3. The molecule has 0 saturated carbocycles. The first-order valence-electron chi connectivity index (χ1n) is 22.8. The normalized spacial score (nSPS) is 13.5. The number of aliphatic carboxylic acids is 1. The van der Waals surface area contributed by atoms with Gasteiger partial charge in [0.05, 0.1) is 40.3 Å². The first kappa shape index (κ1) is 54.0. The zero-order chi connectivity index (χ0) is 42.1. The molecular weight excluding hydrogens is 715 g/mol. The Morgan fingerprint density at radius 1 is 0.544 bits per heavy atom. The van der Waals surface area contributed by atoms with Gasteiger partial charge in [0.25, 0.3) is 0 Å². The lowest BCUT2D eigenvalue weighted by Crippen LogP contribution is -2.55. The Kier molecular flexibility index (Phi) is 37.8. The molecule has 0 aliphatic carbocycles. The van der Waals surface area contributed by atoms with Crippen molar-refractivity contribution in [2.24, 2.45) is 0 Å². The number of likely N-dealkylation sites (N-methyl/N-ethyl adjacent to an activating group) is 1. The quantitative estimate of drug-likeness (QED) is 0.0263. The van der Waals surface area contributed by atoms with Crippen LogP contribution in [0.1, 0.15) is 181 Å². The predicted molar refractivity (Wildman–Crippen MR) is 236 cm³/mol. The third-order valence-electron chi connectivity index (χ3n) is 9.89. The van der Waals surface area contributed by atoms with Gasteiger partial charge >= 0.3 is 11.9 Å². The molecule has 0 aliphatic heterocycles. The van der Waals surface area contributed by atoms with Gasteiger partial charge in [0.1, 0.15) is 12.6 Å². The van der Waals surface area contributed by atoms with Crippen molar-refractivity contribution in [1.82, 2.24) is 0 Å². The summed E-state index contributed by atoms with van der Waals surface area (Å²) >= 11 is 0. The zero-order valence-electron chi connectivity index (χ0n) is 37.2. The van der Waals surface area contributed by atoms with E-state index in [2.05, 4.69) is 74.6 Å². The molecule has 2 unspecified atom stereocenters. The zero-order valence-corrected chi connectivity index (χ0v) is 37.2. The number of hydrogen-bond donors (Lipinski definition) is 0. The van der Waals surface area contributed by atoms with Crippen LogP contribution in [0.3, 0.4) is 0 Å². The van der Waals surface area contributed by atoms with Crippen LogP contribution in [0, 0.1) is 0 Å². The third kappa shape index (κ3) is 38.3. The maximum atomic E-state index is 12.7. The molecule has 57 heavy (non-hydrogen) atoms. The molecule has 0 aromatic carbocycles. The van der Waals surface area contributed by atoms with Crippen molar-refractivity contribution in [3.8, 4) is 0 Å². The fourth-order valence-corrected chi connectivity index (χ4v) is 6.35. The second-order valence-corrected chi connectivity index (χ2v) is 16.3. The molecule has 0 N–H and O–H groups in total. The summed E-state index contributed by atoms with van der Waals surface area (Å²) < 4.78 is 17.2. The summed E-state index contributed by atoms with van der Waals surface area (Å²) in [4.78, 5) is 36.9. The average Bonchev–Trinajstić information content (AvgIpc) is 3.17. The summed E-state index contributed by atoms with van der Waals surface area (Å²) in [6.45, 7) is 4.50. The Balaban J connectivity index is 4.36. The van der Waals surface area contributed by atoms with E-state index in [-0.39, 0.29) is 42.7 Å². The predicted octanol–water partition coefficient (Wildman–Crippen LogP) is 11.2. The summed E-state index contributed by atoms with van der Waals surface area (Å²) in [5, 5.41) is 11.6. The van der Waals surface area contributed by atoms with Crippen LogP contribution in [0.4, 0.5) is 0 Å². The molecular formula is C49H85NO7. The van der Waals surface area contributed by atoms with E-state index in [0.717, 1.165) is 83.5 Å². The molecule has 328 valence electrons. The van der Waals surface area contributed by atoms with Crippen LogP contribution in [-0.2, 0) is 28.6 Å². The van der Waals surface area contributed by atoms with Gasteiger partial charge in [-0.05, 0) is 77.0 Å². The number of nitrogens with zero attached hydrogens (tertiary/aromatic N) is 1. The molecule has 2 atom stereocenters. The van der Waals surface area contributed by atoms with Gasteiger partial charge in [-0.25, -0.2) is 0 Å². The summed E-state index contributed by atoms with van der Waals surface area (Å²) in [6.07, 6.45) is 48.1. The summed E-state index contributed by atoms with van der Waals surface area (Å²) in [5.74, 6) is -1.77. The lowest BCUT2D eigenvalue weighted by atomic mass is 10.1. The molecule has 0 spiro atoms. The number of allylic oxidation sites excluding steroid dienone is 10. The molecule has 0 fully saturated rings. The van der Waals surface area contributed by atoms with E-state index in [0.29, 0.717) is 12.8 Å². The van der Waals surface area contributed by atoms with Crippen LogP contribution < -0.4 is 5.11 Å². The molecule has 0 heterocycles. The van der Waals surface area contributed by atoms with Gasteiger partial charge in [0.2, 0.25) is 0 Å². The van der Waals surface area contributed by atoms with Crippen LogP contribution >= 0.6 is 0 Å². The van der Waals surface area contributed by atoms with E-state index in [4.69, 9.17) is 14.2 Å². The van der Waals surface area contributed by atoms with Crippen LogP contribution in [0.2, 0.25) is 0 Å². The Bertz CT molecular complexity index is 1120. The van der Waals surface area contributed by atoms with E-state index in [1.165, 1.54) is 64.2 Å². The van der Waals surface area contributed by atoms with Gasteiger partial charge in [0.15, 0.2) is 6.10 Å². The fraction of sp³-hybridized carbons (Fsp3) is 0.735. The maximum Gasteiger partial charge on any atom is 0.306 e. The van der Waals surface area contributed by atoms with E-state index in [1.54, 1.807) is 21.1 Å². The molecule has 0 rings (SSSR count). The van der Waals surface area contributed by atoms with Crippen LogP contribution in [-0.4, -0.2) is 75.5 Å². The smallest absolute Gasteiger partial charge is 0.306 e. The van der Waals surface area contributed by atoms with Crippen LogP contribution in [0.5, 0.6) is 0 Å². The molecule has 0 aromatic heterocycles. The highest BCUT2D eigenvalue weighted by molar-refractivity contribution is 5.70. The van der Waals surface area contributed by atoms with E-state index in [9.17, 15) is 19.5 Å². The van der Waals surface area contributed by atoms with E-state index in [1.807, 2.05) is 0 Å². The number of ether oxygens (including phenoxy) is 3. The summed E-state index contributed by atoms with van der Waals surface area (Å²) in [6, 6.07) is -0.731. The number of unbranched alkanes of at least 4 members (excludes halogenated alkanes) is 16. The topological polar surface area (TPSA) is 102 Å². The Hall–Kier alpha value is -2.97. The molecule has 0 amide bonds. The van der Waals surface area contributed by atoms with Crippen LogP contribution in [0.25, 0.3) is 0 Å². The number of carboxylic acids is 1. The maximum absolute atomic E-state index is 12.7. The third-order valence-corrected chi connectivity index (χ3v) is 9.89. The number of carboxylic acid groups (broad SMARTS) is 1. The van der Waals surface area contributed by atoms with Crippen LogP contribution in [0.15, 0.2) is 60.8 Å². The van der Waals surface area contributed by atoms with Crippen molar-refractivity contribution in [3.05, 3.63) is 60.8 Å². The highest BCUT2D eigenvalue weighted by Crippen LogP contribution is 2.14. The van der Waals surface area contributed by atoms with Crippen molar-refractivity contribution in [2.45, 2.75) is 193 Å². The SMILES string of the molecule is CC/C=C/C/C=C/C/C=C/CCCCCCCCC(=O)OCC(COCCC(C(=O)[O-])[N+](C)(C)C)OC(=O)CCCCCCCCC/C=C/C/C=C/CCCCC. The average molecular weight is 800 g/mol. The fourth-order valence-electron chi connectivity index (χ4n) is 6.35. The first-order valence-corrected chi connectivity index (χ1v) is 22.8. The highest BCUT2D eigenvalue weighted by Gasteiger charge is 2.25. The highest BCUT2D eigenvalue weighted by atomic mass is 16.6. The standard InChI is InChI=1S/C49H85NO7/c1-6-8-10-12-14-16-18-20-22-24-26-28-30-32-34-36-38-40-48(52)57-45(43-55-42-41-46(49(53)54)50(3,4)5)44-56-47(51)39-37-35-33-31-29-27-25-23-21-19-17-15-13-11-9-7-2/h9,11,14-17,20-23,45-46H,6-8,10,12-13,18-19,24-44H2,1-5H3/b11-9+,16-14+,17-15+,22-20+,23-21+. The van der Waals surface area contributed by atoms with Crippen molar-refractivity contribution in [1.29, 1.82) is 0 Å². The van der Waals surface area contributed by atoms with E-state index < -0.39 is 18.1 Å². The van der Waals surface area contributed by atoms with Crippen molar-refractivity contribution >= 4 is 17.9 Å². The second kappa shape index (κ2) is 39.8. The Morgan fingerprint density at radius 2 is 0.982 bits per heavy atom. The van der Waals surface area contributed by atoms with E-state index >= 15 is 0 Å². The number of carbonyl (C=O) groups excluding carboxylic acids is 3. The van der Waals surface area contributed by atoms with Gasteiger partial charge in [0, 0.05) is 19.3 Å². The minimum atomic E-state index is -1.13. The van der Waals surface area contributed by atoms with Gasteiger partial charge in [-0.15, -0.1) is 0 Å². The van der Waals surface area contributed by atoms with Gasteiger partial charge in [-0.2, -0.15) is 0 Å². The number of quaternary nitrogens is 1. The first-order chi connectivity index (χ1) is 27.6. The van der Waals surface area contributed by atoms with Crippen molar-refractivity contribution in [2.75, 3.05) is 41.0 Å². The molecule has 0 saturated heterocycles. The van der Waals surface area contributed by atoms with Crippen molar-refractivity contribution < 1.29 is 38.2 Å². The number of hydrogen-bond acceptors (Lipinski definition) is 7. The second-order valence-electron chi connectivity index (χ2n) is 16.3. The van der Waals surface area contributed by atoms with Gasteiger partial charge < -0.3 is 28.6 Å². The molecule has 0 bridgehead atoms. The lowest BCUT2D eigenvalue weighted by Gasteiger charge is -2.34. The Labute approximate surface area is 349 Å². The minimum Gasteiger partial charge on any atom is -0.544 e. The largest absolute Gasteiger partial charge is 0.544 e. The summed E-state index contributed by atoms with van der Waals surface area (Å²) in [7, 11) is 5.40. The molecule has 8 heteroatoms. The minimum absolute atomic E-state index is 0.0312. The number of esters is 2. The molecule has 0 aromatic rings. The molecule has 8 nitrogen and oxygen atoms in total. The Morgan fingerprint density at radius 3 is 1.46 bits per heavy atom. The van der Waals surface area contributed by atoms with Crippen molar-refractivity contribution in [3.63, 3.8) is 0 Å². The number of rotatable bonds is 40. The molecule has 0 radical (unpaired) electrons. The summed E-state index contributed by atoms with van der Waals surface area (Å²) in [5.41, 5.74) is 0. The molecule has 0 aliphatic rings. The monoisotopic (exact) mass is 800 g/mol. The van der Waals surface area contributed by atoms with Gasteiger partial charge in [-0.3, -0.25) is 9.59 Å². The van der Waals surface area contributed by atoms with Gasteiger partial charge in [-0.1, -0.05) is 145 Å². The lowest BCUT2D eigenvalue weighted by molar-refractivity contribution is -0.889.